The third-order valence-electron chi connectivity index (χ3n) is 2.77. The number of aromatic nitrogens is 3. The minimum atomic E-state index is 0.839. The van der Waals surface area contributed by atoms with Crippen LogP contribution in [0, 0.1) is 6.92 Å². The highest BCUT2D eigenvalue weighted by Gasteiger charge is 2.07. The largest absolute Gasteiger partial charge is 0.363 e. The molecule has 1 aromatic carbocycles. The van der Waals surface area contributed by atoms with Crippen molar-refractivity contribution in [3.05, 3.63) is 30.0 Å². The standard InChI is InChI=1S/C12H12N4S.3C2H6/c1-7-6-14-10-4-3-8(5-9(7)10)11-15-16-12(13-2)17-11;3*1-2/h3-6,14H,1-2H3,(H,13,16);3*1-2H3. The molecule has 0 amide bonds. The summed E-state index contributed by atoms with van der Waals surface area (Å²) in [4.78, 5) is 3.24. The van der Waals surface area contributed by atoms with Gasteiger partial charge in [0, 0.05) is 29.7 Å². The molecule has 0 saturated carbocycles. The van der Waals surface area contributed by atoms with E-state index < -0.39 is 0 Å². The SMILES string of the molecule is CC.CC.CC.CNc1nnc(-c2ccc3[nH]cc(C)c3c2)s1. The van der Waals surface area contributed by atoms with Gasteiger partial charge in [0.15, 0.2) is 0 Å². The summed E-state index contributed by atoms with van der Waals surface area (Å²) in [7, 11) is 1.85. The molecule has 0 unspecified atom stereocenters. The fourth-order valence-electron chi connectivity index (χ4n) is 1.83. The highest BCUT2D eigenvalue weighted by Crippen LogP contribution is 2.29. The zero-order valence-electron chi connectivity index (χ0n) is 15.6. The van der Waals surface area contributed by atoms with Gasteiger partial charge in [-0.15, -0.1) is 10.2 Å². The van der Waals surface area contributed by atoms with Crippen molar-refractivity contribution < 1.29 is 0 Å². The molecule has 3 aromatic rings. The summed E-state index contributed by atoms with van der Waals surface area (Å²) in [5.41, 5.74) is 3.52. The number of anilines is 1. The summed E-state index contributed by atoms with van der Waals surface area (Å²) in [6, 6.07) is 6.30. The molecule has 4 nitrogen and oxygen atoms in total. The Morgan fingerprint density at radius 3 is 2.22 bits per heavy atom. The second-order valence-electron chi connectivity index (χ2n) is 3.89. The third-order valence-corrected chi connectivity index (χ3v) is 3.76. The van der Waals surface area contributed by atoms with Crippen molar-refractivity contribution in [2.24, 2.45) is 0 Å². The van der Waals surface area contributed by atoms with Gasteiger partial charge in [0.25, 0.3) is 0 Å². The zero-order valence-corrected chi connectivity index (χ0v) is 16.4. The highest BCUT2D eigenvalue weighted by atomic mass is 32.1. The number of benzene rings is 1. The fraction of sp³-hybridized carbons (Fsp3) is 0.444. The molecular formula is C18H30N4S. The first-order chi connectivity index (χ1) is 11.3. The molecule has 0 atom stereocenters. The number of rotatable bonds is 2. The maximum Gasteiger partial charge on any atom is 0.205 e. The quantitative estimate of drug-likeness (QED) is 0.594. The van der Waals surface area contributed by atoms with Crippen LogP contribution in [0.15, 0.2) is 24.4 Å². The van der Waals surface area contributed by atoms with Crippen LogP contribution in [0.2, 0.25) is 0 Å². The average molecular weight is 335 g/mol. The molecule has 0 bridgehead atoms. The second kappa shape index (κ2) is 11.7. The average Bonchev–Trinajstić information content (AvgIpc) is 3.27. The van der Waals surface area contributed by atoms with Gasteiger partial charge in [-0.25, -0.2) is 0 Å². The Morgan fingerprint density at radius 1 is 1.00 bits per heavy atom. The monoisotopic (exact) mass is 334 g/mol. The van der Waals surface area contributed by atoms with E-state index in [-0.39, 0.29) is 0 Å². The van der Waals surface area contributed by atoms with Crippen molar-refractivity contribution >= 4 is 27.4 Å². The summed E-state index contributed by atoms with van der Waals surface area (Å²) in [6.45, 7) is 14.1. The predicted octanol–water partition coefficient (Wildman–Crippen LogP) is 6.12. The van der Waals surface area contributed by atoms with E-state index in [2.05, 4.69) is 45.6 Å². The molecule has 23 heavy (non-hydrogen) atoms. The van der Waals surface area contributed by atoms with Crippen LogP contribution in [-0.2, 0) is 0 Å². The molecule has 0 aliphatic rings. The van der Waals surface area contributed by atoms with Crippen LogP contribution in [0.1, 0.15) is 47.1 Å². The smallest absolute Gasteiger partial charge is 0.205 e. The molecule has 128 valence electrons. The summed E-state index contributed by atoms with van der Waals surface area (Å²) in [5, 5.41) is 14.2. The summed E-state index contributed by atoms with van der Waals surface area (Å²) >= 11 is 1.56. The topological polar surface area (TPSA) is 53.6 Å². The first kappa shape index (κ1) is 21.1. The van der Waals surface area contributed by atoms with E-state index in [4.69, 9.17) is 0 Å². The Morgan fingerprint density at radius 2 is 1.65 bits per heavy atom. The van der Waals surface area contributed by atoms with E-state index in [1.807, 2.05) is 54.8 Å². The van der Waals surface area contributed by atoms with Gasteiger partial charge in [-0.2, -0.15) is 0 Å². The van der Waals surface area contributed by atoms with Gasteiger partial charge in [0.05, 0.1) is 0 Å². The Balaban J connectivity index is 0.000000728. The van der Waals surface area contributed by atoms with Gasteiger partial charge in [0.2, 0.25) is 5.13 Å². The van der Waals surface area contributed by atoms with Gasteiger partial charge >= 0.3 is 0 Å². The molecule has 0 aliphatic heterocycles. The molecule has 0 saturated heterocycles. The number of nitrogens with zero attached hydrogens (tertiary/aromatic N) is 2. The van der Waals surface area contributed by atoms with E-state index in [1.165, 1.54) is 10.9 Å². The number of H-pyrrole nitrogens is 1. The van der Waals surface area contributed by atoms with Crippen molar-refractivity contribution in [3.8, 4) is 10.6 Å². The first-order valence-corrected chi connectivity index (χ1v) is 9.19. The Kier molecular flexibility index (Phi) is 10.7. The number of hydrogen-bond acceptors (Lipinski definition) is 4. The van der Waals surface area contributed by atoms with E-state index in [9.17, 15) is 0 Å². The van der Waals surface area contributed by atoms with Crippen molar-refractivity contribution in [1.29, 1.82) is 0 Å². The van der Waals surface area contributed by atoms with Crippen LogP contribution >= 0.6 is 11.3 Å². The molecule has 3 rings (SSSR count). The van der Waals surface area contributed by atoms with Crippen molar-refractivity contribution in [2.45, 2.75) is 48.5 Å². The van der Waals surface area contributed by atoms with Crippen LogP contribution in [0.4, 0.5) is 5.13 Å². The number of aryl methyl sites for hydroxylation is 1. The lowest BCUT2D eigenvalue weighted by Crippen LogP contribution is -1.84. The van der Waals surface area contributed by atoms with Gasteiger partial charge in [-0.1, -0.05) is 52.9 Å². The lowest BCUT2D eigenvalue weighted by Gasteiger charge is -1.96. The van der Waals surface area contributed by atoms with Crippen molar-refractivity contribution in [3.63, 3.8) is 0 Å². The molecule has 2 aromatic heterocycles. The molecule has 5 heteroatoms. The first-order valence-electron chi connectivity index (χ1n) is 8.37. The molecule has 0 radical (unpaired) electrons. The molecule has 0 fully saturated rings. The molecule has 2 heterocycles. The van der Waals surface area contributed by atoms with Crippen LogP contribution in [0.3, 0.4) is 0 Å². The van der Waals surface area contributed by atoms with Crippen LogP contribution in [-0.4, -0.2) is 22.2 Å². The summed E-state index contributed by atoms with van der Waals surface area (Å²) in [5.74, 6) is 0. The minimum Gasteiger partial charge on any atom is -0.363 e. The number of hydrogen-bond donors (Lipinski definition) is 2. The zero-order chi connectivity index (χ0) is 17.8. The summed E-state index contributed by atoms with van der Waals surface area (Å²) in [6.07, 6.45) is 2.02. The maximum atomic E-state index is 4.17. The highest BCUT2D eigenvalue weighted by molar-refractivity contribution is 7.18. The van der Waals surface area contributed by atoms with Crippen LogP contribution < -0.4 is 5.32 Å². The summed E-state index contributed by atoms with van der Waals surface area (Å²) < 4.78 is 0. The Hall–Kier alpha value is -1.88. The third kappa shape index (κ3) is 5.36. The van der Waals surface area contributed by atoms with Crippen molar-refractivity contribution in [1.82, 2.24) is 15.2 Å². The number of fused-ring (bicyclic) bond motifs is 1. The lowest BCUT2D eigenvalue weighted by molar-refractivity contribution is 1.09. The van der Waals surface area contributed by atoms with E-state index in [0.717, 1.165) is 21.2 Å². The normalized spacial score (nSPS) is 8.87. The van der Waals surface area contributed by atoms with Gasteiger partial charge < -0.3 is 10.3 Å². The van der Waals surface area contributed by atoms with Crippen LogP contribution in [0.25, 0.3) is 21.5 Å². The Bertz CT molecular complexity index is 671. The van der Waals surface area contributed by atoms with E-state index in [0.29, 0.717) is 0 Å². The molecular weight excluding hydrogens is 304 g/mol. The minimum absolute atomic E-state index is 0.839. The number of nitrogens with one attached hydrogen (secondary N) is 2. The van der Waals surface area contributed by atoms with Gasteiger partial charge in [-0.05, 0) is 30.7 Å². The van der Waals surface area contributed by atoms with Gasteiger partial charge in [0.1, 0.15) is 5.01 Å². The Labute approximate surface area is 144 Å². The molecule has 2 N–H and O–H groups in total. The maximum absolute atomic E-state index is 4.17. The number of aromatic amines is 1. The van der Waals surface area contributed by atoms with Crippen molar-refractivity contribution in [2.75, 3.05) is 12.4 Å². The lowest BCUT2D eigenvalue weighted by atomic mass is 10.1. The van der Waals surface area contributed by atoms with E-state index >= 15 is 0 Å². The van der Waals surface area contributed by atoms with Gasteiger partial charge in [-0.3, -0.25) is 0 Å². The second-order valence-corrected chi connectivity index (χ2v) is 4.87. The van der Waals surface area contributed by atoms with Crippen LogP contribution in [0.5, 0.6) is 0 Å². The molecule has 0 spiro atoms. The van der Waals surface area contributed by atoms with E-state index in [1.54, 1.807) is 11.3 Å². The fourth-order valence-corrected chi connectivity index (χ4v) is 2.53. The predicted molar refractivity (Wildman–Crippen MR) is 106 cm³/mol. The molecule has 0 aliphatic carbocycles.